The molecule has 0 aromatic carbocycles. The van der Waals surface area contributed by atoms with Crippen molar-refractivity contribution in [3.05, 3.63) is 58.3 Å². The van der Waals surface area contributed by atoms with Crippen molar-refractivity contribution in [3.63, 3.8) is 0 Å². The third kappa shape index (κ3) is 4.36. The summed E-state index contributed by atoms with van der Waals surface area (Å²) in [6.45, 7) is 7.36. The molecular formula is C22H28N8O. The summed E-state index contributed by atoms with van der Waals surface area (Å²) in [5.41, 5.74) is 2.46. The van der Waals surface area contributed by atoms with Crippen molar-refractivity contribution in [3.8, 4) is 5.82 Å². The average Bonchev–Trinajstić information content (AvgIpc) is 3.33. The molecule has 5 rings (SSSR count). The Kier molecular flexibility index (Phi) is 5.50. The third-order valence-corrected chi connectivity index (χ3v) is 6.31. The molecule has 1 unspecified atom stereocenters. The van der Waals surface area contributed by atoms with E-state index in [1.165, 1.54) is 22.4 Å². The van der Waals surface area contributed by atoms with Crippen LogP contribution in [0.1, 0.15) is 24.6 Å². The fourth-order valence-corrected chi connectivity index (χ4v) is 4.41. The molecule has 9 nitrogen and oxygen atoms in total. The fraction of sp³-hybridized carbons (Fsp3) is 0.500. The first-order valence-electron chi connectivity index (χ1n) is 11.1. The minimum Gasteiger partial charge on any atom is -0.353 e. The summed E-state index contributed by atoms with van der Waals surface area (Å²) in [4.78, 5) is 16.9. The van der Waals surface area contributed by atoms with E-state index in [4.69, 9.17) is 0 Å². The molecule has 9 heteroatoms. The highest BCUT2D eigenvalue weighted by molar-refractivity contribution is 5.42. The summed E-state index contributed by atoms with van der Waals surface area (Å²) in [6.07, 6.45) is 6.89. The number of fused-ring (bicyclic) bond motifs is 1. The Morgan fingerprint density at radius 1 is 1.06 bits per heavy atom. The maximum Gasteiger partial charge on any atom is 0.266 e. The van der Waals surface area contributed by atoms with Gasteiger partial charge in [0.2, 0.25) is 0 Å². The Morgan fingerprint density at radius 3 is 2.74 bits per heavy atom. The molecule has 0 N–H and O–H groups in total. The van der Waals surface area contributed by atoms with Crippen molar-refractivity contribution < 1.29 is 0 Å². The summed E-state index contributed by atoms with van der Waals surface area (Å²) in [5.74, 6) is 2.37. The van der Waals surface area contributed by atoms with Crippen molar-refractivity contribution in [2.45, 2.75) is 32.7 Å². The smallest absolute Gasteiger partial charge is 0.266 e. The van der Waals surface area contributed by atoms with Gasteiger partial charge in [-0.2, -0.15) is 10.2 Å². The predicted molar refractivity (Wildman–Crippen MR) is 117 cm³/mol. The van der Waals surface area contributed by atoms with E-state index in [1.807, 2.05) is 12.3 Å². The zero-order valence-corrected chi connectivity index (χ0v) is 17.9. The molecule has 162 valence electrons. The van der Waals surface area contributed by atoms with Crippen LogP contribution in [0.4, 0.5) is 5.82 Å². The Morgan fingerprint density at radius 2 is 1.94 bits per heavy atom. The van der Waals surface area contributed by atoms with Gasteiger partial charge in [-0.3, -0.25) is 9.69 Å². The first kappa shape index (κ1) is 19.9. The van der Waals surface area contributed by atoms with Crippen molar-refractivity contribution in [2.24, 2.45) is 5.92 Å². The van der Waals surface area contributed by atoms with E-state index in [0.29, 0.717) is 12.4 Å². The molecule has 0 spiro atoms. The molecule has 31 heavy (non-hydrogen) atoms. The molecule has 1 saturated heterocycles. The van der Waals surface area contributed by atoms with Gasteiger partial charge in [-0.05, 0) is 48.9 Å². The molecular weight excluding hydrogens is 392 g/mol. The fourth-order valence-electron chi connectivity index (χ4n) is 4.41. The lowest BCUT2D eigenvalue weighted by Gasteiger charge is -2.35. The molecule has 1 fully saturated rings. The molecule has 2 aliphatic rings. The minimum absolute atomic E-state index is 0.0897. The summed E-state index contributed by atoms with van der Waals surface area (Å²) in [5, 5.41) is 17.6. The van der Waals surface area contributed by atoms with Gasteiger partial charge in [0.15, 0.2) is 11.6 Å². The normalized spacial score (nSPS) is 19.4. The topological polar surface area (TPSA) is 85.0 Å². The third-order valence-electron chi connectivity index (χ3n) is 6.31. The molecule has 3 aromatic rings. The van der Waals surface area contributed by atoms with E-state index in [9.17, 15) is 4.79 Å². The molecule has 0 amide bonds. The molecule has 1 atom stereocenters. The van der Waals surface area contributed by atoms with E-state index in [-0.39, 0.29) is 5.56 Å². The zero-order valence-electron chi connectivity index (χ0n) is 17.9. The van der Waals surface area contributed by atoms with Gasteiger partial charge in [-0.15, -0.1) is 10.2 Å². The van der Waals surface area contributed by atoms with Crippen LogP contribution in [0.5, 0.6) is 0 Å². The maximum atomic E-state index is 12.2. The SMILES string of the molecule is CC1CCc2nnc(N3CCN(CCn4nc(-n5cccn5)ccc4=O)CC3)cc2C1. The molecule has 4 heterocycles. The van der Waals surface area contributed by atoms with Gasteiger partial charge < -0.3 is 4.90 Å². The van der Waals surface area contributed by atoms with Crippen molar-refractivity contribution in [1.29, 1.82) is 0 Å². The van der Waals surface area contributed by atoms with Crippen molar-refractivity contribution >= 4 is 5.82 Å². The summed E-state index contributed by atoms with van der Waals surface area (Å²) in [7, 11) is 0. The number of anilines is 1. The van der Waals surface area contributed by atoms with Crippen LogP contribution >= 0.6 is 0 Å². The van der Waals surface area contributed by atoms with Gasteiger partial charge >= 0.3 is 0 Å². The van der Waals surface area contributed by atoms with Crippen LogP contribution in [-0.4, -0.2) is 67.4 Å². The summed E-state index contributed by atoms with van der Waals surface area (Å²) in [6, 6.07) is 7.34. The van der Waals surface area contributed by atoms with Crippen LogP contribution in [0.2, 0.25) is 0 Å². The summed E-state index contributed by atoms with van der Waals surface area (Å²) < 4.78 is 3.19. The number of piperazine rings is 1. The Bertz CT molecular complexity index is 1090. The quantitative estimate of drug-likeness (QED) is 0.612. The highest BCUT2D eigenvalue weighted by Crippen LogP contribution is 2.26. The van der Waals surface area contributed by atoms with Crippen LogP contribution in [-0.2, 0) is 19.4 Å². The van der Waals surface area contributed by atoms with Gasteiger partial charge in [-0.1, -0.05) is 6.92 Å². The van der Waals surface area contributed by atoms with Crippen molar-refractivity contribution in [1.82, 2.24) is 34.7 Å². The van der Waals surface area contributed by atoms with Crippen LogP contribution in [0.3, 0.4) is 0 Å². The van der Waals surface area contributed by atoms with Crippen LogP contribution in [0.15, 0.2) is 41.5 Å². The van der Waals surface area contributed by atoms with Crippen LogP contribution < -0.4 is 10.5 Å². The summed E-state index contributed by atoms with van der Waals surface area (Å²) >= 11 is 0. The second kappa shape index (κ2) is 8.58. The van der Waals surface area contributed by atoms with Gasteiger partial charge in [0.1, 0.15) is 0 Å². The zero-order chi connectivity index (χ0) is 21.2. The lowest BCUT2D eigenvalue weighted by atomic mass is 9.88. The molecule has 1 aliphatic heterocycles. The second-order valence-corrected chi connectivity index (χ2v) is 8.55. The van der Waals surface area contributed by atoms with Crippen molar-refractivity contribution in [2.75, 3.05) is 37.6 Å². The molecule has 0 bridgehead atoms. The average molecular weight is 421 g/mol. The van der Waals surface area contributed by atoms with E-state index in [1.54, 1.807) is 23.0 Å². The molecule has 1 aliphatic carbocycles. The van der Waals surface area contributed by atoms with E-state index < -0.39 is 0 Å². The van der Waals surface area contributed by atoms with Gasteiger partial charge in [0, 0.05) is 51.2 Å². The number of hydrogen-bond donors (Lipinski definition) is 0. The first-order chi connectivity index (χ1) is 15.2. The standard InChI is InChI=1S/C22H28N8O/c1-17-3-4-19-18(15-17)16-21(25-24-19)28-12-9-27(10-13-28)11-14-30-22(31)6-5-20(26-30)29-8-2-7-23-29/h2,5-8,16-17H,3-4,9-15H2,1H3. The Hall–Kier alpha value is -3.07. The molecule has 3 aromatic heterocycles. The number of hydrogen-bond acceptors (Lipinski definition) is 7. The lowest BCUT2D eigenvalue weighted by Crippen LogP contribution is -2.48. The number of aromatic nitrogens is 6. The minimum atomic E-state index is -0.0897. The molecule has 0 saturated carbocycles. The predicted octanol–water partition coefficient (Wildman–Crippen LogP) is 1.17. The van der Waals surface area contributed by atoms with Gasteiger partial charge in [0.05, 0.1) is 12.2 Å². The number of nitrogens with zero attached hydrogens (tertiary/aromatic N) is 8. The van der Waals surface area contributed by atoms with Crippen LogP contribution in [0.25, 0.3) is 5.82 Å². The maximum absolute atomic E-state index is 12.2. The van der Waals surface area contributed by atoms with Gasteiger partial charge in [-0.25, -0.2) is 9.36 Å². The Balaban J connectivity index is 1.18. The van der Waals surface area contributed by atoms with Gasteiger partial charge in [0.25, 0.3) is 5.56 Å². The number of aryl methyl sites for hydroxylation is 1. The van der Waals surface area contributed by atoms with E-state index in [2.05, 4.69) is 43.2 Å². The highest BCUT2D eigenvalue weighted by Gasteiger charge is 2.22. The van der Waals surface area contributed by atoms with Crippen LogP contribution in [0, 0.1) is 5.92 Å². The van der Waals surface area contributed by atoms with E-state index >= 15 is 0 Å². The highest BCUT2D eigenvalue weighted by atomic mass is 16.1. The molecule has 0 radical (unpaired) electrons. The Labute approximate surface area is 181 Å². The second-order valence-electron chi connectivity index (χ2n) is 8.55. The first-order valence-corrected chi connectivity index (χ1v) is 11.1. The van der Waals surface area contributed by atoms with E-state index in [0.717, 1.165) is 57.3 Å². The lowest BCUT2D eigenvalue weighted by molar-refractivity contribution is 0.242. The largest absolute Gasteiger partial charge is 0.353 e. The number of rotatable bonds is 5. The monoisotopic (exact) mass is 420 g/mol.